The Morgan fingerprint density at radius 3 is 0.912 bits per heavy atom. The van der Waals surface area contributed by atoms with Crippen LogP contribution < -0.4 is 5.11 Å². The van der Waals surface area contributed by atoms with E-state index in [0.717, 1.165) is 148 Å². The minimum atomic E-state index is -1.65. The molecule has 0 aromatic heterocycles. The van der Waals surface area contributed by atoms with Crippen molar-refractivity contribution in [2.24, 2.45) is 0 Å². The second kappa shape index (κ2) is 69.5. The van der Waals surface area contributed by atoms with E-state index in [-0.39, 0.29) is 32.7 Å². The topological polar surface area (TPSA) is 111 Å². The zero-order valence-corrected chi connectivity index (χ0v) is 57.6. The van der Waals surface area contributed by atoms with Gasteiger partial charge in [0.25, 0.3) is 0 Å². The largest absolute Gasteiger partial charge is 0.545 e. The highest BCUT2D eigenvalue weighted by atomic mass is 16.7. The normalized spacial score (nSPS) is 14.1. The summed E-state index contributed by atoms with van der Waals surface area (Å²) in [6.45, 7) is 4.41. The fourth-order valence-corrected chi connectivity index (χ4v) is 8.47. The molecule has 0 amide bonds. The number of unbranched alkanes of at least 4 members (excludes halogenated alkanes) is 10. The molecule has 9 heteroatoms. The first-order valence-electron chi connectivity index (χ1n) is 34.9. The molecule has 0 aliphatic heterocycles. The van der Waals surface area contributed by atoms with E-state index < -0.39 is 30.3 Å². The number of aliphatic carboxylic acids is 1. The van der Waals surface area contributed by atoms with E-state index in [9.17, 15) is 19.5 Å². The van der Waals surface area contributed by atoms with Crippen molar-refractivity contribution in [2.75, 3.05) is 47.5 Å². The molecule has 0 fully saturated rings. The van der Waals surface area contributed by atoms with Gasteiger partial charge in [-0.3, -0.25) is 9.59 Å². The number of ether oxygens (including phenoxy) is 4. The lowest BCUT2D eigenvalue weighted by atomic mass is 10.1. The van der Waals surface area contributed by atoms with Gasteiger partial charge in [0.15, 0.2) is 12.4 Å². The van der Waals surface area contributed by atoms with Crippen molar-refractivity contribution in [2.45, 2.75) is 232 Å². The summed E-state index contributed by atoms with van der Waals surface area (Å²) < 4.78 is 22.7. The average Bonchev–Trinajstić information content (AvgIpc) is 3.50. The number of carbonyl (C=O) groups is 3. The molecule has 506 valence electrons. The lowest BCUT2D eigenvalue weighted by molar-refractivity contribution is -0.870. The molecule has 2 atom stereocenters. The summed E-state index contributed by atoms with van der Waals surface area (Å²) in [5.41, 5.74) is 0. The number of hydrogen-bond donors (Lipinski definition) is 0. The quantitative estimate of drug-likeness (QED) is 0.0195. The van der Waals surface area contributed by atoms with Crippen LogP contribution in [-0.2, 0) is 33.3 Å². The lowest BCUT2D eigenvalue weighted by Crippen LogP contribution is -2.44. The van der Waals surface area contributed by atoms with Crippen LogP contribution in [0.15, 0.2) is 219 Å². The van der Waals surface area contributed by atoms with Crippen LogP contribution in [0.3, 0.4) is 0 Å². The monoisotopic (exact) mass is 1250 g/mol. The molecular formula is C82H125NO8. The van der Waals surface area contributed by atoms with Crippen molar-refractivity contribution < 1.29 is 42.9 Å². The molecule has 0 N–H and O–H groups in total. The molecule has 0 spiro atoms. The Morgan fingerprint density at radius 1 is 0.330 bits per heavy atom. The number of carboxylic acid groups (broad SMARTS) is 1. The molecule has 2 unspecified atom stereocenters. The van der Waals surface area contributed by atoms with Crippen molar-refractivity contribution in [1.82, 2.24) is 0 Å². The van der Waals surface area contributed by atoms with Gasteiger partial charge in [0, 0.05) is 12.8 Å². The van der Waals surface area contributed by atoms with Crippen LogP contribution in [0.25, 0.3) is 0 Å². The van der Waals surface area contributed by atoms with E-state index in [1.807, 2.05) is 21.1 Å². The lowest BCUT2D eigenvalue weighted by Gasteiger charge is -2.26. The van der Waals surface area contributed by atoms with Crippen molar-refractivity contribution in [1.29, 1.82) is 0 Å². The number of hydrogen-bond acceptors (Lipinski definition) is 8. The van der Waals surface area contributed by atoms with Gasteiger partial charge in [-0.05, 0) is 148 Å². The maximum atomic E-state index is 12.9. The van der Waals surface area contributed by atoms with Gasteiger partial charge in [-0.25, -0.2) is 0 Å². The van der Waals surface area contributed by atoms with Crippen molar-refractivity contribution >= 4 is 17.9 Å². The third-order valence-corrected chi connectivity index (χ3v) is 13.7. The van der Waals surface area contributed by atoms with Gasteiger partial charge in [0.2, 0.25) is 0 Å². The van der Waals surface area contributed by atoms with Crippen LogP contribution >= 0.6 is 0 Å². The SMILES string of the molecule is CC/C=C\C/C=C\C/C=C\C/C=C\C/C=C\C/C=C\C/C=C\C/C=C\C/C=C\CCCCCCCCCCCC(=O)OC(COC(=O)CCC/C=C\C/C=C\C/C=C\C/C=C\C/C=C\C/C=C\C/C=C\C/C=C\C/C=C\CC)COC(OCC[N+](C)(C)C)C(=O)[O-]. The zero-order valence-electron chi connectivity index (χ0n) is 57.6. The van der Waals surface area contributed by atoms with Crippen LogP contribution in [-0.4, -0.2) is 82.3 Å². The zero-order chi connectivity index (χ0) is 66.1. The summed E-state index contributed by atoms with van der Waals surface area (Å²) in [6.07, 6.45) is 107. The summed E-state index contributed by atoms with van der Waals surface area (Å²) >= 11 is 0. The molecule has 0 aliphatic rings. The molecule has 91 heavy (non-hydrogen) atoms. The van der Waals surface area contributed by atoms with E-state index in [1.165, 1.54) is 32.1 Å². The minimum Gasteiger partial charge on any atom is -0.545 e. The second-order valence-corrected chi connectivity index (χ2v) is 23.3. The predicted molar refractivity (Wildman–Crippen MR) is 388 cm³/mol. The number of nitrogens with zero attached hydrogens (tertiary/aromatic N) is 1. The third kappa shape index (κ3) is 70.9. The Bertz CT molecular complexity index is 2300. The first kappa shape index (κ1) is 84.6. The van der Waals surface area contributed by atoms with Gasteiger partial charge in [0.05, 0.1) is 40.3 Å². The number of allylic oxidation sites excluding steroid dienone is 36. The summed E-state index contributed by atoms with van der Waals surface area (Å²) in [7, 11) is 5.89. The molecule has 0 aliphatic carbocycles. The average molecular weight is 1250 g/mol. The highest BCUT2D eigenvalue weighted by Crippen LogP contribution is 2.14. The van der Waals surface area contributed by atoms with Gasteiger partial charge in [-0.1, -0.05) is 278 Å². The van der Waals surface area contributed by atoms with E-state index in [4.69, 9.17) is 18.9 Å². The summed E-state index contributed by atoms with van der Waals surface area (Å²) in [5, 5.41) is 11.8. The number of rotatable bonds is 61. The van der Waals surface area contributed by atoms with Crippen LogP contribution in [0.2, 0.25) is 0 Å². The molecule has 9 nitrogen and oxygen atoms in total. The fourth-order valence-electron chi connectivity index (χ4n) is 8.47. The van der Waals surface area contributed by atoms with Gasteiger partial charge >= 0.3 is 11.9 Å². The van der Waals surface area contributed by atoms with Crippen molar-refractivity contribution in [3.05, 3.63) is 219 Å². The van der Waals surface area contributed by atoms with E-state index in [1.54, 1.807) is 0 Å². The third-order valence-electron chi connectivity index (χ3n) is 13.7. The Labute approximate surface area is 556 Å². The molecule has 0 bridgehead atoms. The second-order valence-electron chi connectivity index (χ2n) is 23.3. The summed E-state index contributed by atoms with van der Waals surface area (Å²) in [5.74, 6) is -2.40. The predicted octanol–water partition coefficient (Wildman–Crippen LogP) is 20.8. The highest BCUT2D eigenvalue weighted by Gasteiger charge is 2.22. The fraction of sp³-hybridized carbons (Fsp3) is 0.524. The maximum absolute atomic E-state index is 12.9. The first-order chi connectivity index (χ1) is 44.6. The molecule has 0 aromatic carbocycles. The molecule has 0 saturated heterocycles. The molecule has 0 rings (SSSR count). The van der Waals surface area contributed by atoms with Crippen LogP contribution in [0.5, 0.6) is 0 Å². The number of likely N-dealkylation sites (N-methyl/N-ethyl adjacent to an activating group) is 1. The Morgan fingerprint density at radius 2 is 0.604 bits per heavy atom. The smallest absolute Gasteiger partial charge is 0.306 e. The van der Waals surface area contributed by atoms with E-state index in [2.05, 4.69) is 233 Å². The summed E-state index contributed by atoms with van der Waals surface area (Å²) in [6, 6.07) is 0. The standard InChI is InChI=1S/C82H125NO8/c1-6-8-10-12-14-16-18-20-22-24-26-28-30-32-34-36-37-38-39-40-41-42-43-45-47-49-51-53-55-57-59-61-63-65-67-69-71-73-80(85)91-78(77-90-82(81(86)87)88-75-74-83(3,4)5)76-89-79(84)72-70-68-66-64-62-60-58-56-54-52-50-48-46-44-35-33-31-29-27-25-23-21-19-17-15-13-11-9-7-2/h8-11,14-17,20-23,26-29,32-35,37-38,40-41,43,45-46,48-49,51-52,54,58,60,64,66,78,82H,6-7,12-13,18-19,24-25,30-31,36,39,42,44,47,50,53,55-57,59,61-63,65,67-77H2,1-5H3/b10-8-,11-9-,16-14-,17-15-,22-20-,23-21-,28-26-,29-27-,34-32-,35-33-,38-37-,41-40-,45-43-,48-46-,51-49-,54-52-,60-58-,66-64-. The van der Waals surface area contributed by atoms with Crippen molar-refractivity contribution in [3.63, 3.8) is 0 Å². The molecule has 0 heterocycles. The molecule has 0 saturated carbocycles. The summed E-state index contributed by atoms with van der Waals surface area (Å²) in [4.78, 5) is 37.5. The Kier molecular flexibility index (Phi) is 64.6. The highest BCUT2D eigenvalue weighted by molar-refractivity contribution is 5.70. The van der Waals surface area contributed by atoms with Gasteiger partial charge in [-0.2, -0.15) is 0 Å². The van der Waals surface area contributed by atoms with Crippen LogP contribution in [0.1, 0.15) is 219 Å². The molecule has 0 radical (unpaired) electrons. The van der Waals surface area contributed by atoms with Gasteiger partial charge in [0.1, 0.15) is 13.2 Å². The van der Waals surface area contributed by atoms with E-state index >= 15 is 0 Å². The minimum absolute atomic E-state index is 0.124. The maximum Gasteiger partial charge on any atom is 0.306 e. The first-order valence-corrected chi connectivity index (χ1v) is 34.9. The number of carbonyl (C=O) groups excluding carboxylic acids is 3. The number of carboxylic acids is 1. The van der Waals surface area contributed by atoms with Gasteiger partial charge < -0.3 is 33.3 Å². The molecule has 0 aromatic rings. The van der Waals surface area contributed by atoms with Gasteiger partial charge in [-0.15, -0.1) is 0 Å². The van der Waals surface area contributed by atoms with E-state index in [0.29, 0.717) is 23.9 Å². The van der Waals surface area contributed by atoms with Crippen LogP contribution in [0.4, 0.5) is 0 Å². The number of quaternary nitrogens is 1. The Balaban J connectivity index is 4.31. The van der Waals surface area contributed by atoms with Crippen molar-refractivity contribution in [3.8, 4) is 0 Å². The molecular weight excluding hydrogens is 1130 g/mol. The number of esters is 2. The van der Waals surface area contributed by atoms with Crippen LogP contribution in [0, 0.1) is 0 Å². The Hall–Kier alpha value is -6.39.